The van der Waals surface area contributed by atoms with Crippen molar-refractivity contribution in [2.75, 3.05) is 43.1 Å². The van der Waals surface area contributed by atoms with Crippen molar-refractivity contribution in [3.8, 4) is 11.5 Å². The maximum Gasteiger partial charge on any atom is 0.119 e. The second kappa shape index (κ2) is 10.3. The van der Waals surface area contributed by atoms with Crippen LogP contribution in [-0.2, 0) is 13.0 Å². The minimum atomic E-state index is 0.590. The van der Waals surface area contributed by atoms with Gasteiger partial charge in [-0.25, -0.2) is 0 Å². The molecule has 4 nitrogen and oxygen atoms in total. The van der Waals surface area contributed by atoms with Crippen LogP contribution in [0.15, 0.2) is 72.8 Å². The first kappa shape index (κ1) is 21.1. The zero-order valence-corrected chi connectivity index (χ0v) is 18.6. The van der Waals surface area contributed by atoms with E-state index in [0.29, 0.717) is 6.61 Å². The van der Waals surface area contributed by atoms with Crippen molar-refractivity contribution in [3.05, 3.63) is 83.9 Å². The van der Waals surface area contributed by atoms with Crippen LogP contribution in [0.1, 0.15) is 24.5 Å². The molecule has 0 N–H and O–H groups in total. The fourth-order valence-electron chi connectivity index (χ4n) is 4.07. The Kier molecular flexibility index (Phi) is 6.98. The summed E-state index contributed by atoms with van der Waals surface area (Å²) in [6.45, 7) is 6.84. The quantitative estimate of drug-likeness (QED) is 0.480. The number of rotatable bonds is 8. The number of anilines is 2. The molecule has 4 heteroatoms. The summed E-state index contributed by atoms with van der Waals surface area (Å²) < 4.78 is 11.3. The molecule has 162 valence electrons. The lowest BCUT2D eigenvalue weighted by atomic mass is 10.1. The number of hydrogen-bond acceptors (Lipinski definition) is 4. The minimum absolute atomic E-state index is 0.590. The lowest BCUT2D eigenvalue weighted by molar-refractivity contribution is 0.306. The standard InChI is InChI=1S/C27H32N2O2/c1-3-5-22-8-12-27(13-9-22)31-21-23-6-4-7-25(20-23)29-18-16-28(17-19-29)24-10-14-26(30-2)15-11-24/h4,6-15,20H,3,5,16-19,21H2,1-2H3. The summed E-state index contributed by atoms with van der Waals surface area (Å²) >= 11 is 0. The molecule has 0 radical (unpaired) electrons. The lowest BCUT2D eigenvalue weighted by Crippen LogP contribution is -2.46. The summed E-state index contributed by atoms with van der Waals surface area (Å²) in [6, 6.07) is 25.6. The van der Waals surface area contributed by atoms with E-state index >= 15 is 0 Å². The Morgan fingerprint density at radius 1 is 0.710 bits per heavy atom. The molecule has 3 aromatic rings. The Morgan fingerprint density at radius 2 is 1.35 bits per heavy atom. The number of nitrogens with zero attached hydrogens (tertiary/aromatic N) is 2. The Bertz CT molecular complexity index is 946. The molecule has 1 heterocycles. The maximum absolute atomic E-state index is 6.02. The second-order valence-electron chi connectivity index (χ2n) is 8.02. The molecule has 0 spiro atoms. The van der Waals surface area contributed by atoms with Gasteiger partial charge in [0.05, 0.1) is 7.11 Å². The largest absolute Gasteiger partial charge is 0.497 e. The van der Waals surface area contributed by atoms with Crippen LogP contribution in [0.2, 0.25) is 0 Å². The summed E-state index contributed by atoms with van der Waals surface area (Å²) in [7, 11) is 1.70. The highest BCUT2D eigenvalue weighted by Crippen LogP contribution is 2.24. The van der Waals surface area contributed by atoms with Crippen LogP contribution in [0.4, 0.5) is 11.4 Å². The predicted octanol–water partition coefficient (Wildman–Crippen LogP) is 5.55. The van der Waals surface area contributed by atoms with Crippen molar-refractivity contribution >= 4 is 11.4 Å². The van der Waals surface area contributed by atoms with Crippen molar-refractivity contribution in [1.29, 1.82) is 0 Å². The van der Waals surface area contributed by atoms with Gasteiger partial charge < -0.3 is 19.3 Å². The van der Waals surface area contributed by atoms with Crippen LogP contribution in [0.25, 0.3) is 0 Å². The Morgan fingerprint density at radius 3 is 2.00 bits per heavy atom. The van der Waals surface area contributed by atoms with Gasteiger partial charge in [-0.05, 0) is 66.1 Å². The van der Waals surface area contributed by atoms with Gasteiger partial charge >= 0.3 is 0 Å². The summed E-state index contributed by atoms with van der Waals surface area (Å²) in [6.07, 6.45) is 2.29. The van der Waals surface area contributed by atoms with Gasteiger partial charge in [0, 0.05) is 37.6 Å². The summed E-state index contributed by atoms with van der Waals surface area (Å²) in [5, 5.41) is 0. The van der Waals surface area contributed by atoms with Crippen LogP contribution in [0, 0.1) is 0 Å². The van der Waals surface area contributed by atoms with Crippen molar-refractivity contribution in [3.63, 3.8) is 0 Å². The van der Waals surface area contributed by atoms with Crippen LogP contribution in [-0.4, -0.2) is 33.3 Å². The van der Waals surface area contributed by atoms with Gasteiger partial charge in [-0.15, -0.1) is 0 Å². The zero-order chi connectivity index (χ0) is 21.5. The smallest absolute Gasteiger partial charge is 0.119 e. The molecule has 1 aliphatic heterocycles. The van der Waals surface area contributed by atoms with Crippen LogP contribution < -0.4 is 19.3 Å². The van der Waals surface area contributed by atoms with E-state index in [2.05, 4.69) is 77.4 Å². The number of benzene rings is 3. The molecule has 0 saturated carbocycles. The number of piperazine rings is 1. The van der Waals surface area contributed by atoms with Crippen LogP contribution in [0.3, 0.4) is 0 Å². The van der Waals surface area contributed by atoms with Crippen molar-refractivity contribution < 1.29 is 9.47 Å². The van der Waals surface area contributed by atoms with E-state index in [-0.39, 0.29) is 0 Å². The number of aryl methyl sites for hydroxylation is 1. The number of methoxy groups -OCH3 is 1. The zero-order valence-electron chi connectivity index (χ0n) is 18.6. The molecule has 1 saturated heterocycles. The first-order chi connectivity index (χ1) is 15.2. The van der Waals surface area contributed by atoms with E-state index in [9.17, 15) is 0 Å². The highest BCUT2D eigenvalue weighted by molar-refractivity contribution is 5.53. The minimum Gasteiger partial charge on any atom is -0.497 e. The van der Waals surface area contributed by atoms with E-state index in [1.54, 1.807) is 7.11 Å². The summed E-state index contributed by atoms with van der Waals surface area (Å²) in [4.78, 5) is 4.90. The Balaban J connectivity index is 1.32. The van der Waals surface area contributed by atoms with Gasteiger partial charge in [-0.3, -0.25) is 0 Å². The topological polar surface area (TPSA) is 24.9 Å². The third-order valence-corrected chi connectivity index (χ3v) is 5.86. The normalized spacial score (nSPS) is 13.9. The van der Waals surface area contributed by atoms with Crippen molar-refractivity contribution in [2.45, 2.75) is 26.4 Å². The maximum atomic E-state index is 6.02. The van der Waals surface area contributed by atoms with Crippen LogP contribution >= 0.6 is 0 Å². The van der Waals surface area contributed by atoms with Crippen molar-refractivity contribution in [2.24, 2.45) is 0 Å². The highest BCUT2D eigenvalue weighted by atomic mass is 16.5. The van der Waals surface area contributed by atoms with E-state index in [4.69, 9.17) is 9.47 Å². The molecule has 0 bridgehead atoms. The average Bonchev–Trinajstić information content (AvgIpc) is 2.84. The molecule has 1 aliphatic rings. The third-order valence-electron chi connectivity index (χ3n) is 5.86. The van der Waals surface area contributed by atoms with E-state index in [1.165, 1.54) is 28.9 Å². The molecular weight excluding hydrogens is 384 g/mol. The monoisotopic (exact) mass is 416 g/mol. The highest BCUT2D eigenvalue weighted by Gasteiger charge is 2.18. The molecule has 0 amide bonds. The fourth-order valence-corrected chi connectivity index (χ4v) is 4.07. The molecule has 4 rings (SSSR count). The molecule has 0 unspecified atom stereocenters. The lowest BCUT2D eigenvalue weighted by Gasteiger charge is -2.37. The molecule has 0 aromatic heterocycles. The molecule has 1 fully saturated rings. The van der Waals surface area contributed by atoms with Gasteiger partial charge in [0.25, 0.3) is 0 Å². The second-order valence-corrected chi connectivity index (χ2v) is 8.02. The fraction of sp³-hybridized carbons (Fsp3) is 0.333. The predicted molar refractivity (Wildman–Crippen MR) is 129 cm³/mol. The molecule has 31 heavy (non-hydrogen) atoms. The number of hydrogen-bond donors (Lipinski definition) is 0. The van der Waals surface area contributed by atoms with E-state index < -0.39 is 0 Å². The van der Waals surface area contributed by atoms with Gasteiger partial charge in [0.1, 0.15) is 18.1 Å². The summed E-state index contributed by atoms with van der Waals surface area (Å²) in [5.74, 6) is 1.83. The first-order valence-electron chi connectivity index (χ1n) is 11.2. The molecule has 0 atom stereocenters. The average molecular weight is 417 g/mol. The SMILES string of the molecule is CCCc1ccc(OCc2cccc(N3CCN(c4ccc(OC)cc4)CC3)c2)cc1. The molecular formula is C27H32N2O2. The van der Waals surface area contributed by atoms with Crippen LogP contribution in [0.5, 0.6) is 11.5 Å². The van der Waals surface area contributed by atoms with E-state index in [0.717, 1.165) is 44.1 Å². The summed E-state index contributed by atoms with van der Waals surface area (Å²) in [5.41, 5.74) is 5.10. The Labute approximate surface area is 186 Å². The van der Waals surface area contributed by atoms with Gasteiger partial charge in [-0.1, -0.05) is 37.6 Å². The Hall–Kier alpha value is -3.14. The van der Waals surface area contributed by atoms with E-state index in [1.807, 2.05) is 12.1 Å². The van der Waals surface area contributed by atoms with Gasteiger partial charge in [0.2, 0.25) is 0 Å². The van der Waals surface area contributed by atoms with Gasteiger partial charge in [-0.2, -0.15) is 0 Å². The van der Waals surface area contributed by atoms with Gasteiger partial charge in [0.15, 0.2) is 0 Å². The molecule has 3 aromatic carbocycles. The molecule has 0 aliphatic carbocycles. The van der Waals surface area contributed by atoms with Crippen molar-refractivity contribution in [1.82, 2.24) is 0 Å². The number of ether oxygens (including phenoxy) is 2. The third kappa shape index (κ3) is 5.52. The first-order valence-corrected chi connectivity index (χ1v) is 11.2.